The number of carbonyl (C=O) groups excluding carboxylic acids is 2. The third kappa shape index (κ3) is 7.79. The second-order valence-electron chi connectivity index (χ2n) is 8.43. The monoisotopic (exact) mass is 442 g/mol. The van der Waals surface area contributed by atoms with Gasteiger partial charge in [-0.2, -0.15) is 0 Å². The molecule has 0 aliphatic heterocycles. The average molecular weight is 443 g/mol. The standard InChI is InChI=1S/C25H34N2O5/c1-2-30-25(29)22-18-31-24(26-22)21(15-9-14-19-10-5-3-6-11-19)16-23(28)27-32-17-20-12-7-4-8-13-20/h4,7-8,12-13,18-19,21H,2-3,5-6,9-11,14-17H2,1H3,(H,27,28). The van der Waals surface area contributed by atoms with Gasteiger partial charge >= 0.3 is 5.97 Å². The van der Waals surface area contributed by atoms with Crippen molar-refractivity contribution in [1.82, 2.24) is 10.5 Å². The number of nitrogens with zero attached hydrogens (tertiary/aromatic N) is 1. The van der Waals surface area contributed by atoms with Crippen LogP contribution in [0.1, 0.15) is 92.6 Å². The Hall–Kier alpha value is -2.67. The third-order valence-electron chi connectivity index (χ3n) is 5.94. The second kappa shape index (κ2) is 13.0. The smallest absolute Gasteiger partial charge is 0.360 e. The highest BCUT2D eigenvalue weighted by Gasteiger charge is 2.24. The highest BCUT2D eigenvalue weighted by Crippen LogP contribution is 2.31. The molecule has 0 radical (unpaired) electrons. The molecule has 1 aromatic heterocycles. The molecule has 2 aromatic rings. The number of oxazole rings is 1. The Bertz CT molecular complexity index is 830. The molecular formula is C25H34N2O5. The van der Waals surface area contributed by atoms with Crippen LogP contribution in [0.2, 0.25) is 0 Å². The molecule has 1 aromatic carbocycles. The molecule has 1 N–H and O–H groups in total. The van der Waals surface area contributed by atoms with Gasteiger partial charge in [-0.25, -0.2) is 15.3 Å². The number of carbonyl (C=O) groups is 2. The number of nitrogens with one attached hydrogen (secondary N) is 1. The molecule has 32 heavy (non-hydrogen) atoms. The van der Waals surface area contributed by atoms with Crippen LogP contribution in [-0.4, -0.2) is 23.5 Å². The Morgan fingerprint density at radius 2 is 1.97 bits per heavy atom. The molecule has 1 aliphatic carbocycles. The number of hydrogen-bond donors (Lipinski definition) is 1. The molecule has 1 amide bonds. The molecule has 1 heterocycles. The molecular weight excluding hydrogens is 408 g/mol. The summed E-state index contributed by atoms with van der Waals surface area (Å²) >= 11 is 0. The van der Waals surface area contributed by atoms with Crippen LogP contribution in [-0.2, 0) is 21.0 Å². The Balaban J connectivity index is 1.55. The zero-order valence-corrected chi connectivity index (χ0v) is 18.9. The summed E-state index contributed by atoms with van der Waals surface area (Å²) in [5.74, 6) is 0.197. The van der Waals surface area contributed by atoms with Gasteiger partial charge in [0, 0.05) is 12.3 Å². The van der Waals surface area contributed by atoms with Gasteiger partial charge in [-0.15, -0.1) is 0 Å². The van der Waals surface area contributed by atoms with E-state index in [-0.39, 0.29) is 30.5 Å². The first-order valence-corrected chi connectivity index (χ1v) is 11.7. The predicted molar refractivity (Wildman–Crippen MR) is 120 cm³/mol. The van der Waals surface area contributed by atoms with Crippen LogP contribution in [0, 0.1) is 5.92 Å². The molecule has 7 heteroatoms. The van der Waals surface area contributed by atoms with Gasteiger partial charge in [-0.1, -0.05) is 75.3 Å². The lowest BCUT2D eigenvalue weighted by Crippen LogP contribution is -2.25. The minimum atomic E-state index is -0.515. The lowest BCUT2D eigenvalue weighted by atomic mass is 9.84. The molecule has 1 atom stereocenters. The van der Waals surface area contributed by atoms with Crippen LogP contribution in [0.5, 0.6) is 0 Å². The first kappa shape index (κ1) is 24.0. The van der Waals surface area contributed by atoms with Gasteiger partial charge in [-0.3, -0.25) is 9.63 Å². The van der Waals surface area contributed by atoms with Crippen LogP contribution in [0.15, 0.2) is 41.0 Å². The second-order valence-corrected chi connectivity index (χ2v) is 8.43. The maximum atomic E-state index is 12.5. The molecule has 1 unspecified atom stereocenters. The number of benzene rings is 1. The van der Waals surface area contributed by atoms with Crippen molar-refractivity contribution >= 4 is 11.9 Å². The fourth-order valence-corrected chi connectivity index (χ4v) is 4.26. The van der Waals surface area contributed by atoms with E-state index in [1.54, 1.807) is 6.92 Å². The molecule has 1 fully saturated rings. The third-order valence-corrected chi connectivity index (χ3v) is 5.94. The van der Waals surface area contributed by atoms with Gasteiger partial charge in [-0.05, 0) is 24.8 Å². The number of hydroxylamine groups is 1. The van der Waals surface area contributed by atoms with Crippen LogP contribution in [0.4, 0.5) is 0 Å². The maximum Gasteiger partial charge on any atom is 0.360 e. The Morgan fingerprint density at radius 1 is 1.19 bits per heavy atom. The molecule has 1 aliphatic rings. The van der Waals surface area contributed by atoms with Gasteiger partial charge < -0.3 is 9.15 Å². The summed E-state index contributed by atoms with van der Waals surface area (Å²) < 4.78 is 10.6. The quantitative estimate of drug-likeness (QED) is 0.353. The van der Waals surface area contributed by atoms with Crippen molar-refractivity contribution in [1.29, 1.82) is 0 Å². The van der Waals surface area contributed by atoms with Crippen LogP contribution in [0.25, 0.3) is 0 Å². The van der Waals surface area contributed by atoms with Crippen molar-refractivity contribution < 1.29 is 23.6 Å². The molecule has 174 valence electrons. The van der Waals surface area contributed by atoms with E-state index in [9.17, 15) is 9.59 Å². The van der Waals surface area contributed by atoms with Crippen LogP contribution >= 0.6 is 0 Å². The van der Waals surface area contributed by atoms with Crippen molar-refractivity contribution in [2.24, 2.45) is 5.92 Å². The van der Waals surface area contributed by atoms with Crippen LogP contribution < -0.4 is 5.48 Å². The number of amides is 1. The number of aromatic nitrogens is 1. The van der Waals surface area contributed by atoms with Crippen LogP contribution in [0.3, 0.4) is 0 Å². The summed E-state index contributed by atoms with van der Waals surface area (Å²) in [6, 6.07) is 9.65. The summed E-state index contributed by atoms with van der Waals surface area (Å²) in [5, 5.41) is 0. The summed E-state index contributed by atoms with van der Waals surface area (Å²) in [5.41, 5.74) is 3.64. The Labute approximate surface area is 189 Å². The number of ether oxygens (including phenoxy) is 1. The van der Waals surface area contributed by atoms with Crippen molar-refractivity contribution in [2.75, 3.05) is 6.61 Å². The lowest BCUT2D eigenvalue weighted by Gasteiger charge is -2.22. The summed E-state index contributed by atoms with van der Waals surface area (Å²) in [7, 11) is 0. The first-order chi connectivity index (χ1) is 15.7. The van der Waals surface area contributed by atoms with E-state index in [2.05, 4.69) is 10.5 Å². The maximum absolute atomic E-state index is 12.5. The SMILES string of the molecule is CCOC(=O)c1coc(C(CCCC2CCCCC2)CC(=O)NOCc2ccccc2)n1. The summed E-state index contributed by atoms with van der Waals surface area (Å²) in [6.45, 7) is 2.31. The number of rotatable bonds is 12. The highest BCUT2D eigenvalue weighted by atomic mass is 16.6. The molecule has 0 saturated heterocycles. The highest BCUT2D eigenvalue weighted by molar-refractivity contribution is 5.86. The van der Waals surface area contributed by atoms with Gasteiger partial charge in [0.05, 0.1) is 13.2 Å². The first-order valence-electron chi connectivity index (χ1n) is 11.7. The Kier molecular flexibility index (Phi) is 9.75. The fraction of sp³-hybridized carbons (Fsp3) is 0.560. The van der Waals surface area contributed by atoms with E-state index in [1.165, 1.54) is 38.4 Å². The van der Waals surface area contributed by atoms with Gasteiger partial charge in [0.2, 0.25) is 5.91 Å². The molecule has 1 saturated carbocycles. The molecule has 0 bridgehead atoms. The van der Waals surface area contributed by atoms with Crippen molar-refractivity contribution in [3.63, 3.8) is 0 Å². The molecule has 3 rings (SSSR count). The zero-order valence-electron chi connectivity index (χ0n) is 18.9. The summed E-state index contributed by atoms with van der Waals surface area (Å²) in [6.07, 6.45) is 11.0. The fourth-order valence-electron chi connectivity index (χ4n) is 4.26. The van der Waals surface area contributed by atoms with E-state index in [0.717, 1.165) is 30.7 Å². The van der Waals surface area contributed by atoms with E-state index < -0.39 is 5.97 Å². The number of hydrogen-bond acceptors (Lipinski definition) is 6. The largest absolute Gasteiger partial charge is 0.461 e. The van der Waals surface area contributed by atoms with Gasteiger partial charge in [0.1, 0.15) is 6.26 Å². The van der Waals surface area contributed by atoms with E-state index in [1.807, 2.05) is 30.3 Å². The molecule has 7 nitrogen and oxygen atoms in total. The Morgan fingerprint density at radius 3 is 2.72 bits per heavy atom. The lowest BCUT2D eigenvalue weighted by molar-refractivity contribution is -0.135. The minimum Gasteiger partial charge on any atom is -0.461 e. The van der Waals surface area contributed by atoms with E-state index in [4.69, 9.17) is 14.0 Å². The zero-order chi connectivity index (χ0) is 22.6. The number of esters is 1. The topological polar surface area (TPSA) is 90.7 Å². The van der Waals surface area contributed by atoms with E-state index >= 15 is 0 Å². The van der Waals surface area contributed by atoms with Gasteiger partial charge in [0.25, 0.3) is 0 Å². The predicted octanol–water partition coefficient (Wildman–Crippen LogP) is 5.32. The normalized spacial score (nSPS) is 15.3. The van der Waals surface area contributed by atoms with Crippen molar-refractivity contribution in [3.05, 3.63) is 53.7 Å². The van der Waals surface area contributed by atoms with Gasteiger partial charge in [0.15, 0.2) is 11.6 Å². The molecule has 0 spiro atoms. The summed E-state index contributed by atoms with van der Waals surface area (Å²) in [4.78, 5) is 34.2. The van der Waals surface area contributed by atoms with Crippen molar-refractivity contribution in [2.45, 2.75) is 77.2 Å². The van der Waals surface area contributed by atoms with Crippen molar-refractivity contribution in [3.8, 4) is 0 Å². The van der Waals surface area contributed by atoms with E-state index in [0.29, 0.717) is 12.5 Å². The minimum absolute atomic E-state index is 0.139. The average Bonchev–Trinajstić information content (AvgIpc) is 3.30.